The fourth-order valence-corrected chi connectivity index (χ4v) is 2.54. The summed E-state index contributed by atoms with van der Waals surface area (Å²) in [6.45, 7) is 6.07. The Morgan fingerprint density at radius 3 is 2.71 bits per heavy atom. The van der Waals surface area contributed by atoms with E-state index in [-0.39, 0.29) is 17.1 Å². The molecule has 1 heterocycles. The number of aromatic nitrogens is 3. The molecule has 2 N–H and O–H groups in total. The molecule has 5 heteroatoms. The van der Waals surface area contributed by atoms with E-state index >= 15 is 0 Å². The molecule has 0 atom stereocenters. The normalized spacial score (nSPS) is 14.0. The van der Waals surface area contributed by atoms with Crippen molar-refractivity contribution in [2.45, 2.75) is 45.4 Å². The van der Waals surface area contributed by atoms with E-state index in [1.165, 1.54) is 17.5 Å². The number of nitrogens with zero attached hydrogens (tertiary/aromatic N) is 2. The predicted molar refractivity (Wildman–Crippen MR) is 81.5 cm³/mol. The van der Waals surface area contributed by atoms with Gasteiger partial charge in [0.1, 0.15) is 5.82 Å². The van der Waals surface area contributed by atoms with Crippen LogP contribution in [0.1, 0.15) is 54.8 Å². The van der Waals surface area contributed by atoms with Crippen molar-refractivity contribution in [3.63, 3.8) is 0 Å². The fraction of sp³-hybridized carbons (Fsp3) is 0.438. The Hall–Kier alpha value is -2.17. The highest BCUT2D eigenvalue weighted by atomic mass is 16.2. The van der Waals surface area contributed by atoms with Gasteiger partial charge in [-0.3, -0.25) is 9.89 Å². The molecule has 1 aromatic carbocycles. The summed E-state index contributed by atoms with van der Waals surface area (Å²) >= 11 is 0. The standard InChI is InChI=1S/C16H20N4O/c1-16(2,3)15-18-13(19-20-15)14(21)17-12-8-7-10-5-4-6-11(10)9-12/h7-9H,4-6H2,1-3H3,(H,17,21)(H,18,19,20). The van der Waals surface area contributed by atoms with Gasteiger partial charge in [0.25, 0.3) is 5.91 Å². The summed E-state index contributed by atoms with van der Waals surface area (Å²) in [6.07, 6.45) is 3.43. The Labute approximate surface area is 124 Å². The molecule has 0 bridgehead atoms. The van der Waals surface area contributed by atoms with Crippen LogP contribution in [-0.2, 0) is 18.3 Å². The molecule has 0 aliphatic heterocycles. The van der Waals surface area contributed by atoms with Crippen LogP contribution < -0.4 is 5.32 Å². The van der Waals surface area contributed by atoms with E-state index in [9.17, 15) is 4.79 Å². The van der Waals surface area contributed by atoms with Crippen molar-refractivity contribution in [1.29, 1.82) is 0 Å². The fourth-order valence-electron chi connectivity index (χ4n) is 2.54. The van der Waals surface area contributed by atoms with Crippen molar-refractivity contribution in [1.82, 2.24) is 15.2 Å². The Balaban J connectivity index is 1.76. The quantitative estimate of drug-likeness (QED) is 0.890. The van der Waals surface area contributed by atoms with Crippen molar-refractivity contribution in [2.75, 3.05) is 5.32 Å². The minimum atomic E-state index is -0.278. The lowest BCUT2D eigenvalue weighted by Crippen LogP contribution is -2.16. The number of amides is 1. The highest BCUT2D eigenvalue weighted by Gasteiger charge is 2.21. The van der Waals surface area contributed by atoms with Crippen LogP contribution >= 0.6 is 0 Å². The number of hydrogen-bond acceptors (Lipinski definition) is 3. The monoisotopic (exact) mass is 284 g/mol. The van der Waals surface area contributed by atoms with Crippen molar-refractivity contribution in [3.8, 4) is 0 Å². The highest BCUT2D eigenvalue weighted by Crippen LogP contribution is 2.25. The number of aryl methyl sites for hydroxylation is 2. The Morgan fingerprint density at radius 2 is 2.00 bits per heavy atom. The second kappa shape index (κ2) is 4.98. The zero-order valence-electron chi connectivity index (χ0n) is 12.7. The van der Waals surface area contributed by atoms with Crippen LogP contribution in [0.25, 0.3) is 0 Å². The van der Waals surface area contributed by atoms with E-state index in [2.05, 4.69) is 32.6 Å². The summed E-state index contributed by atoms with van der Waals surface area (Å²) in [4.78, 5) is 16.5. The number of rotatable bonds is 2. The molecule has 0 spiro atoms. The second-order valence-electron chi connectivity index (χ2n) is 6.55. The van der Waals surface area contributed by atoms with Crippen molar-refractivity contribution in [2.24, 2.45) is 0 Å². The first-order valence-electron chi connectivity index (χ1n) is 7.29. The average Bonchev–Trinajstić information content (AvgIpc) is 3.06. The first-order chi connectivity index (χ1) is 9.93. The summed E-state index contributed by atoms with van der Waals surface area (Å²) in [6, 6.07) is 6.09. The largest absolute Gasteiger partial charge is 0.319 e. The van der Waals surface area contributed by atoms with Gasteiger partial charge in [0.05, 0.1) is 0 Å². The number of aromatic amines is 1. The Kier molecular flexibility index (Phi) is 3.27. The molecule has 0 radical (unpaired) electrons. The lowest BCUT2D eigenvalue weighted by molar-refractivity contribution is 0.101. The lowest BCUT2D eigenvalue weighted by atomic mass is 9.96. The molecule has 1 aliphatic rings. The predicted octanol–water partition coefficient (Wildman–Crippen LogP) is 2.84. The van der Waals surface area contributed by atoms with Crippen LogP contribution in [0.5, 0.6) is 0 Å². The molecule has 110 valence electrons. The number of nitrogens with one attached hydrogen (secondary N) is 2. The van der Waals surface area contributed by atoms with Gasteiger partial charge in [-0.1, -0.05) is 26.8 Å². The van der Waals surface area contributed by atoms with Gasteiger partial charge in [0.2, 0.25) is 5.82 Å². The minimum Gasteiger partial charge on any atom is -0.319 e. The Morgan fingerprint density at radius 1 is 1.24 bits per heavy atom. The van der Waals surface area contributed by atoms with Crippen LogP contribution in [0.15, 0.2) is 18.2 Å². The van der Waals surface area contributed by atoms with Crippen molar-refractivity contribution < 1.29 is 4.79 Å². The molecule has 5 nitrogen and oxygen atoms in total. The lowest BCUT2D eigenvalue weighted by Gasteiger charge is -2.12. The van der Waals surface area contributed by atoms with Crippen LogP contribution in [0, 0.1) is 0 Å². The number of benzene rings is 1. The summed E-state index contributed by atoms with van der Waals surface area (Å²) in [5.74, 6) is 0.613. The van der Waals surface area contributed by atoms with Crippen molar-refractivity contribution >= 4 is 11.6 Å². The topological polar surface area (TPSA) is 70.7 Å². The molecule has 0 saturated heterocycles. The molecular formula is C16H20N4O. The molecule has 3 rings (SSSR count). The van der Waals surface area contributed by atoms with Gasteiger partial charge in [-0.25, -0.2) is 4.98 Å². The number of carbonyl (C=O) groups is 1. The van der Waals surface area contributed by atoms with E-state index in [1.807, 2.05) is 26.8 Å². The minimum absolute atomic E-state index is 0.154. The highest BCUT2D eigenvalue weighted by molar-refractivity contribution is 6.01. The first kappa shape index (κ1) is 13.8. The smallest absolute Gasteiger partial charge is 0.295 e. The molecule has 21 heavy (non-hydrogen) atoms. The van der Waals surface area contributed by atoms with Crippen LogP contribution in [0.2, 0.25) is 0 Å². The molecule has 0 unspecified atom stereocenters. The second-order valence-corrected chi connectivity index (χ2v) is 6.55. The van der Waals surface area contributed by atoms with Gasteiger partial charge in [-0.2, -0.15) is 0 Å². The number of fused-ring (bicyclic) bond motifs is 1. The van der Waals surface area contributed by atoms with Gasteiger partial charge in [0, 0.05) is 11.1 Å². The molecule has 0 saturated carbocycles. The van der Waals surface area contributed by atoms with Crippen LogP contribution in [0.3, 0.4) is 0 Å². The van der Waals surface area contributed by atoms with Gasteiger partial charge in [0.15, 0.2) is 0 Å². The van der Waals surface area contributed by atoms with Gasteiger partial charge < -0.3 is 5.32 Å². The SMILES string of the molecule is CC(C)(C)c1nc(C(=O)Nc2ccc3c(c2)CCC3)n[nH]1. The average molecular weight is 284 g/mol. The van der Waals surface area contributed by atoms with Gasteiger partial charge in [-0.15, -0.1) is 5.10 Å². The third-order valence-corrected chi connectivity index (χ3v) is 3.76. The number of anilines is 1. The third-order valence-electron chi connectivity index (χ3n) is 3.76. The number of carbonyl (C=O) groups excluding carboxylic acids is 1. The zero-order valence-corrected chi connectivity index (χ0v) is 12.7. The maximum Gasteiger partial charge on any atom is 0.295 e. The van der Waals surface area contributed by atoms with E-state index in [1.54, 1.807) is 0 Å². The van der Waals surface area contributed by atoms with E-state index in [0.717, 1.165) is 18.5 Å². The van der Waals surface area contributed by atoms with Crippen LogP contribution in [-0.4, -0.2) is 21.1 Å². The van der Waals surface area contributed by atoms with Gasteiger partial charge in [-0.05, 0) is 42.5 Å². The van der Waals surface area contributed by atoms with E-state index in [4.69, 9.17) is 0 Å². The van der Waals surface area contributed by atoms with Gasteiger partial charge >= 0.3 is 0 Å². The maximum absolute atomic E-state index is 12.2. The summed E-state index contributed by atoms with van der Waals surface area (Å²) in [7, 11) is 0. The summed E-state index contributed by atoms with van der Waals surface area (Å²) < 4.78 is 0. The number of H-pyrrole nitrogens is 1. The number of hydrogen-bond donors (Lipinski definition) is 2. The first-order valence-corrected chi connectivity index (χ1v) is 7.29. The maximum atomic E-state index is 12.2. The summed E-state index contributed by atoms with van der Waals surface area (Å²) in [5.41, 5.74) is 3.38. The van der Waals surface area contributed by atoms with E-state index in [0.29, 0.717) is 5.82 Å². The molecule has 0 fully saturated rings. The molecule has 2 aromatic rings. The molecule has 1 aliphatic carbocycles. The molecular weight excluding hydrogens is 264 g/mol. The molecule has 1 aromatic heterocycles. The van der Waals surface area contributed by atoms with Crippen LogP contribution in [0.4, 0.5) is 5.69 Å². The van der Waals surface area contributed by atoms with E-state index < -0.39 is 0 Å². The zero-order chi connectivity index (χ0) is 15.0. The Bertz CT molecular complexity index is 682. The summed E-state index contributed by atoms with van der Waals surface area (Å²) in [5, 5.41) is 9.70. The third kappa shape index (κ3) is 2.82. The van der Waals surface area contributed by atoms with Crippen molar-refractivity contribution in [3.05, 3.63) is 41.0 Å². The molecule has 1 amide bonds.